The van der Waals surface area contributed by atoms with Gasteiger partial charge in [0.2, 0.25) is 11.8 Å². The first-order chi connectivity index (χ1) is 9.49. The standard InChI is InChI=1S/C12H9F2N5O/c1-20-7-3-2-5(8(13)9(7)14)10-6(4-15)11(16)19-12(17)18-10/h2-3H,1H3,(H4,16,17,18,19). The van der Waals surface area contributed by atoms with Crippen LogP contribution < -0.4 is 16.2 Å². The van der Waals surface area contributed by atoms with Gasteiger partial charge in [0.1, 0.15) is 17.5 Å². The molecule has 1 aromatic heterocycles. The molecule has 0 saturated heterocycles. The zero-order chi connectivity index (χ0) is 14.9. The van der Waals surface area contributed by atoms with Crippen LogP contribution in [0.5, 0.6) is 5.75 Å². The van der Waals surface area contributed by atoms with Crippen LogP contribution in [0.15, 0.2) is 12.1 Å². The van der Waals surface area contributed by atoms with Gasteiger partial charge in [-0.25, -0.2) is 9.37 Å². The number of rotatable bonds is 2. The first-order valence-electron chi connectivity index (χ1n) is 5.35. The number of hydrogen-bond donors (Lipinski definition) is 2. The Hall–Kier alpha value is -2.95. The molecule has 0 aliphatic carbocycles. The van der Waals surface area contributed by atoms with Gasteiger partial charge in [0.25, 0.3) is 0 Å². The van der Waals surface area contributed by atoms with Crippen molar-refractivity contribution in [1.29, 1.82) is 5.26 Å². The Morgan fingerprint density at radius 1 is 1.20 bits per heavy atom. The van der Waals surface area contributed by atoms with Crippen molar-refractivity contribution in [2.75, 3.05) is 18.6 Å². The number of hydrogen-bond acceptors (Lipinski definition) is 6. The summed E-state index contributed by atoms with van der Waals surface area (Å²) in [6.07, 6.45) is 0. The van der Waals surface area contributed by atoms with Crippen LogP contribution in [0.3, 0.4) is 0 Å². The van der Waals surface area contributed by atoms with E-state index >= 15 is 0 Å². The molecule has 1 heterocycles. The number of nitrogens with two attached hydrogens (primary N) is 2. The van der Waals surface area contributed by atoms with Gasteiger partial charge in [-0.3, -0.25) is 0 Å². The van der Waals surface area contributed by atoms with Crippen molar-refractivity contribution >= 4 is 11.8 Å². The monoisotopic (exact) mass is 277 g/mol. The number of benzene rings is 1. The molecule has 0 saturated carbocycles. The maximum atomic E-state index is 14.0. The second-order valence-electron chi connectivity index (χ2n) is 3.75. The van der Waals surface area contributed by atoms with Gasteiger partial charge in [-0.2, -0.15) is 14.6 Å². The smallest absolute Gasteiger partial charge is 0.222 e. The number of nitrogens with zero attached hydrogens (tertiary/aromatic N) is 3. The van der Waals surface area contributed by atoms with Gasteiger partial charge >= 0.3 is 0 Å². The van der Waals surface area contributed by atoms with Crippen molar-refractivity contribution in [3.63, 3.8) is 0 Å². The second kappa shape index (κ2) is 4.97. The summed E-state index contributed by atoms with van der Waals surface area (Å²) in [7, 11) is 1.21. The van der Waals surface area contributed by atoms with E-state index in [1.54, 1.807) is 6.07 Å². The highest BCUT2D eigenvalue weighted by atomic mass is 19.2. The molecule has 0 aliphatic rings. The highest BCUT2D eigenvalue weighted by Gasteiger charge is 2.21. The molecule has 0 aliphatic heterocycles. The van der Waals surface area contributed by atoms with Crippen molar-refractivity contribution in [3.8, 4) is 23.1 Å². The summed E-state index contributed by atoms with van der Waals surface area (Å²) in [6, 6.07) is 4.17. The third-order valence-corrected chi connectivity index (χ3v) is 2.59. The van der Waals surface area contributed by atoms with Gasteiger partial charge in [0.15, 0.2) is 11.6 Å². The van der Waals surface area contributed by atoms with Crippen molar-refractivity contribution in [1.82, 2.24) is 9.97 Å². The average Bonchev–Trinajstić information content (AvgIpc) is 2.41. The number of ether oxygens (including phenoxy) is 1. The molecule has 20 heavy (non-hydrogen) atoms. The molecule has 2 rings (SSSR count). The SMILES string of the molecule is COc1ccc(-c2nc(N)nc(N)c2C#N)c(F)c1F. The number of halogens is 2. The van der Waals surface area contributed by atoms with E-state index in [0.29, 0.717) is 0 Å². The Bertz CT molecular complexity index is 727. The van der Waals surface area contributed by atoms with E-state index in [1.165, 1.54) is 19.2 Å². The molecule has 0 spiro atoms. The van der Waals surface area contributed by atoms with Crippen LogP contribution in [-0.2, 0) is 0 Å². The number of anilines is 2. The molecule has 4 N–H and O–H groups in total. The molecule has 2 aromatic rings. The van der Waals surface area contributed by atoms with Crippen LogP contribution in [-0.4, -0.2) is 17.1 Å². The Balaban J connectivity index is 2.76. The Kier molecular flexibility index (Phi) is 3.35. The predicted octanol–water partition coefficient (Wildman–Crippen LogP) is 1.47. The topological polar surface area (TPSA) is 111 Å². The highest BCUT2D eigenvalue weighted by molar-refractivity contribution is 5.73. The summed E-state index contributed by atoms with van der Waals surface area (Å²) in [5, 5.41) is 9.02. The summed E-state index contributed by atoms with van der Waals surface area (Å²) < 4.78 is 32.4. The lowest BCUT2D eigenvalue weighted by molar-refractivity contribution is 0.372. The van der Waals surface area contributed by atoms with Crippen LogP contribution >= 0.6 is 0 Å². The predicted molar refractivity (Wildman–Crippen MR) is 67.5 cm³/mol. The third-order valence-electron chi connectivity index (χ3n) is 2.59. The van der Waals surface area contributed by atoms with Gasteiger partial charge in [-0.1, -0.05) is 0 Å². The quantitative estimate of drug-likeness (QED) is 0.859. The molecule has 0 unspecified atom stereocenters. The molecule has 102 valence electrons. The molecule has 6 nitrogen and oxygen atoms in total. The molecule has 1 aromatic carbocycles. The lowest BCUT2D eigenvalue weighted by Crippen LogP contribution is -2.06. The average molecular weight is 277 g/mol. The molecular weight excluding hydrogens is 268 g/mol. The van der Waals surface area contributed by atoms with E-state index in [2.05, 4.69) is 14.7 Å². The highest BCUT2D eigenvalue weighted by Crippen LogP contribution is 2.32. The third kappa shape index (κ3) is 2.05. The van der Waals surface area contributed by atoms with E-state index in [9.17, 15) is 8.78 Å². The molecule has 0 amide bonds. The fourth-order valence-electron chi connectivity index (χ4n) is 1.67. The van der Waals surface area contributed by atoms with Crippen molar-refractivity contribution in [2.24, 2.45) is 0 Å². The second-order valence-corrected chi connectivity index (χ2v) is 3.75. The normalized spacial score (nSPS) is 10.1. The largest absolute Gasteiger partial charge is 0.494 e. The van der Waals surface area contributed by atoms with E-state index in [-0.39, 0.29) is 34.3 Å². The lowest BCUT2D eigenvalue weighted by atomic mass is 10.1. The van der Waals surface area contributed by atoms with Crippen molar-refractivity contribution in [3.05, 3.63) is 29.3 Å². The van der Waals surface area contributed by atoms with Gasteiger partial charge in [-0.15, -0.1) is 0 Å². The molecule has 0 fully saturated rings. The minimum absolute atomic E-state index is 0.170. The van der Waals surface area contributed by atoms with Crippen LogP contribution in [0.1, 0.15) is 5.56 Å². The van der Waals surface area contributed by atoms with Crippen LogP contribution in [0, 0.1) is 23.0 Å². The first-order valence-corrected chi connectivity index (χ1v) is 5.35. The molecular formula is C12H9F2N5O. The minimum Gasteiger partial charge on any atom is -0.494 e. The summed E-state index contributed by atoms with van der Waals surface area (Å²) in [5.74, 6) is -3.11. The zero-order valence-corrected chi connectivity index (χ0v) is 10.3. The number of nitriles is 1. The summed E-state index contributed by atoms with van der Waals surface area (Å²) >= 11 is 0. The van der Waals surface area contributed by atoms with Gasteiger partial charge in [-0.05, 0) is 12.1 Å². The van der Waals surface area contributed by atoms with E-state index < -0.39 is 11.6 Å². The fraction of sp³-hybridized carbons (Fsp3) is 0.0833. The molecule has 0 radical (unpaired) electrons. The lowest BCUT2D eigenvalue weighted by Gasteiger charge is -2.09. The van der Waals surface area contributed by atoms with Gasteiger partial charge in [0, 0.05) is 5.56 Å². The van der Waals surface area contributed by atoms with Crippen molar-refractivity contribution in [2.45, 2.75) is 0 Å². The van der Waals surface area contributed by atoms with Crippen LogP contribution in [0.2, 0.25) is 0 Å². The Morgan fingerprint density at radius 2 is 1.90 bits per heavy atom. The molecule has 8 heteroatoms. The van der Waals surface area contributed by atoms with Crippen molar-refractivity contribution < 1.29 is 13.5 Å². The zero-order valence-electron chi connectivity index (χ0n) is 10.3. The Labute approximate surface area is 112 Å². The summed E-state index contributed by atoms with van der Waals surface area (Å²) in [5.41, 5.74) is 10.3. The molecule has 0 bridgehead atoms. The maximum Gasteiger partial charge on any atom is 0.222 e. The summed E-state index contributed by atoms with van der Waals surface area (Å²) in [6.45, 7) is 0. The number of nitrogen functional groups attached to an aromatic ring is 2. The van der Waals surface area contributed by atoms with Crippen LogP contribution in [0.4, 0.5) is 20.5 Å². The van der Waals surface area contributed by atoms with Gasteiger partial charge < -0.3 is 16.2 Å². The maximum absolute atomic E-state index is 14.0. The van der Waals surface area contributed by atoms with E-state index in [0.717, 1.165) is 0 Å². The summed E-state index contributed by atoms with van der Waals surface area (Å²) in [4.78, 5) is 7.35. The van der Waals surface area contributed by atoms with E-state index in [1.807, 2.05) is 0 Å². The Morgan fingerprint density at radius 3 is 2.50 bits per heavy atom. The number of aromatic nitrogens is 2. The van der Waals surface area contributed by atoms with E-state index in [4.69, 9.17) is 16.7 Å². The van der Waals surface area contributed by atoms with Gasteiger partial charge in [0.05, 0.1) is 12.8 Å². The number of methoxy groups -OCH3 is 1. The fourth-order valence-corrected chi connectivity index (χ4v) is 1.67. The minimum atomic E-state index is -1.21. The first kappa shape index (κ1) is 13.5. The van der Waals surface area contributed by atoms with Crippen LogP contribution in [0.25, 0.3) is 11.3 Å². The molecule has 0 atom stereocenters.